The number of aryl methyl sites for hydroxylation is 2. The van der Waals surface area contributed by atoms with Crippen molar-refractivity contribution in [2.24, 2.45) is 0 Å². The van der Waals surface area contributed by atoms with Crippen LogP contribution in [-0.2, 0) is 17.8 Å². The van der Waals surface area contributed by atoms with E-state index in [-0.39, 0.29) is 6.67 Å². The molecule has 2 aromatic heterocycles. The van der Waals surface area contributed by atoms with Crippen LogP contribution in [0.4, 0.5) is 4.39 Å². The molecule has 2 aromatic rings. The molecule has 0 radical (unpaired) electrons. The first-order valence-corrected chi connectivity index (χ1v) is 7.98. The fourth-order valence-electron chi connectivity index (χ4n) is 2.90. The molecule has 3 heterocycles. The van der Waals surface area contributed by atoms with Gasteiger partial charge in [-0.3, -0.25) is 4.39 Å². The Balaban J connectivity index is 1.70. The van der Waals surface area contributed by atoms with Crippen molar-refractivity contribution in [3.05, 3.63) is 29.2 Å². The van der Waals surface area contributed by atoms with Crippen LogP contribution in [0.15, 0.2) is 12.1 Å². The number of nitrogens with one attached hydrogen (secondary N) is 1. The lowest BCUT2D eigenvalue weighted by atomic mass is 10.2. The fraction of sp³-hybridized carbons (Fsp3) is 0.625. The Morgan fingerprint density at radius 1 is 1.45 bits per heavy atom. The van der Waals surface area contributed by atoms with Crippen LogP contribution in [0, 0.1) is 6.92 Å². The molecule has 1 aliphatic heterocycles. The molecule has 1 unspecified atom stereocenters. The summed E-state index contributed by atoms with van der Waals surface area (Å²) >= 11 is 0. The van der Waals surface area contributed by atoms with Crippen LogP contribution in [0.5, 0.6) is 0 Å². The van der Waals surface area contributed by atoms with E-state index in [2.05, 4.69) is 15.4 Å². The van der Waals surface area contributed by atoms with E-state index < -0.39 is 0 Å². The van der Waals surface area contributed by atoms with Crippen molar-refractivity contribution in [3.8, 4) is 0 Å². The van der Waals surface area contributed by atoms with Gasteiger partial charge in [0, 0.05) is 17.8 Å². The third-order valence-electron chi connectivity index (χ3n) is 3.98. The van der Waals surface area contributed by atoms with Crippen molar-refractivity contribution in [3.63, 3.8) is 0 Å². The molecule has 6 heteroatoms. The minimum absolute atomic E-state index is 0.315. The van der Waals surface area contributed by atoms with E-state index in [1.165, 1.54) is 12.8 Å². The van der Waals surface area contributed by atoms with Gasteiger partial charge in [0.15, 0.2) is 5.65 Å². The molecule has 120 valence electrons. The van der Waals surface area contributed by atoms with E-state index in [1.807, 2.05) is 23.6 Å². The number of nitrogens with zero attached hydrogens (tertiary/aromatic N) is 3. The lowest BCUT2D eigenvalue weighted by Crippen LogP contribution is -2.26. The van der Waals surface area contributed by atoms with Crippen LogP contribution in [0.2, 0.25) is 0 Å². The summed E-state index contributed by atoms with van der Waals surface area (Å²) in [6.45, 7) is 3.98. The molecule has 1 aliphatic rings. The van der Waals surface area contributed by atoms with E-state index >= 15 is 0 Å². The van der Waals surface area contributed by atoms with Crippen LogP contribution in [0.1, 0.15) is 36.3 Å². The van der Waals surface area contributed by atoms with E-state index in [0.29, 0.717) is 25.5 Å². The average molecular weight is 306 g/mol. The molecule has 0 saturated carbocycles. The number of hydrogen-bond donors (Lipinski definition) is 1. The number of halogens is 1. The summed E-state index contributed by atoms with van der Waals surface area (Å²) in [6.07, 6.45) is 3.55. The second kappa shape index (κ2) is 7.15. The van der Waals surface area contributed by atoms with Gasteiger partial charge in [0.2, 0.25) is 0 Å². The van der Waals surface area contributed by atoms with E-state index in [1.54, 1.807) is 0 Å². The molecule has 1 saturated heterocycles. The Labute approximate surface area is 129 Å². The van der Waals surface area contributed by atoms with E-state index in [0.717, 1.165) is 35.9 Å². The largest absolute Gasteiger partial charge is 0.374 e. The molecule has 1 N–H and O–H groups in total. The van der Waals surface area contributed by atoms with Crippen molar-refractivity contribution >= 4 is 5.65 Å². The van der Waals surface area contributed by atoms with Gasteiger partial charge in [0.05, 0.1) is 31.3 Å². The highest BCUT2D eigenvalue weighted by molar-refractivity contribution is 5.41. The Hall–Kier alpha value is -1.53. The standard InChI is InChI=1S/C16H23FN4O/c1-12-8-15(11-22-10-14-5-3-7-18-14)21-16(19-12)9-13(20-21)4-2-6-17/h8-9,14,18H,2-7,10-11H2,1H3. The normalized spacial score (nSPS) is 18.4. The third-order valence-corrected chi connectivity index (χ3v) is 3.98. The molecule has 0 aliphatic carbocycles. The Morgan fingerprint density at radius 2 is 2.36 bits per heavy atom. The van der Waals surface area contributed by atoms with Gasteiger partial charge >= 0.3 is 0 Å². The number of aromatic nitrogens is 3. The summed E-state index contributed by atoms with van der Waals surface area (Å²) < 4.78 is 20.0. The van der Waals surface area contributed by atoms with Gasteiger partial charge in [-0.1, -0.05) is 0 Å². The summed E-state index contributed by atoms with van der Waals surface area (Å²) in [5.74, 6) is 0. The highest BCUT2D eigenvalue weighted by Crippen LogP contribution is 2.13. The monoisotopic (exact) mass is 306 g/mol. The summed E-state index contributed by atoms with van der Waals surface area (Å²) in [4.78, 5) is 4.49. The number of alkyl halides is 1. The topological polar surface area (TPSA) is 51.5 Å². The maximum absolute atomic E-state index is 12.3. The second-order valence-corrected chi connectivity index (χ2v) is 5.90. The predicted molar refractivity (Wildman–Crippen MR) is 82.7 cm³/mol. The van der Waals surface area contributed by atoms with Crippen molar-refractivity contribution < 1.29 is 9.13 Å². The zero-order valence-corrected chi connectivity index (χ0v) is 13.0. The van der Waals surface area contributed by atoms with Crippen molar-refractivity contribution in [1.82, 2.24) is 19.9 Å². The molecular formula is C16H23FN4O. The molecule has 1 fully saturated rings. The Bertz CT molecular complexity index is 622. The molecule has 5 nitrogen and oxygen atoms in total. The number of ether oxygens (including phenoxy) is 1. The van der Waals surface area contributed by atoms with Crippen molar-refractivity contribution in [2.75, 3.05) is 19.8 Å². The first-order valence-electron chi connectivity index (χ1n) is 7.98. The van der Waals surface area contributed by atoms with Gasteiger partial charge < -0.3 is 10.1 Å². The summed E-state index contributed by atoms with van der Waals surface area (Å²) in [5, 5.41) is 7.96. The van der Waals surface area contributed by atoms with Gasteiger partial charge in [0.25, 0.3) is 0 Å². The maximum Gasteiger partial charge on any atom is 0.155 e. The SMILES string of the molecule is Cc1cc(COCC2CCCN2)n2nc(CCCF)cc2n1. The second-order valence-electron chi connectivity index (χ2n) is 5.90. The maximum atomic E-state index is 12.3. The lowest BCUT2D eigenvalue weighted by molar-refractivity contribution is 0.0996. The van der Waals surface area contributed by atoms with Crippen LogP contribution in [0.3, 0.4) is 0 Å². The molecule has 22 heavy (non-hydrogen) atoms. The van der Waals surface area contributed by atoms with E-state index in [9.17, 15) is 4.39 Å². The van der Waals surface area contributed by atoms with Gasteiger partial charge in [-0.25, -0.2) is 9.50 Å². The van der Waals surface area contributed by atoms with Crippen molar-refractivity contribution in [1.29, 1.82) is 0 Å². The zero-order valence-electron chi connectivity index (χ0n) is 13.0. The summed E-state index contributed by atoms with van der Waals surface area (Å²) in [5.41, 5.74) is 3.63. The summed E-state index contributed by atoms with van der Waals surface area (Å²) in [6, 6.07) is 4.40. The lowest BCUT2D eigenvalue weighted by Gasteiger charge is -2.11. The van der Waals surface area contributed by atoms with Crippen LogP contribution < -0.4 is 5.32 Å². The van der Waals surface area contributed by atoms with Crippen molar-refractivity contribution in [2.45, 2.75) is 45.3 Å². The first kappa shape index (κ1) is 15.4. The number of hydrogen-bond acceptors (Lipinski definition) is 4. The first-order chi connectivity index (χ1) is 10.8. The highest BCUT2D eigenvalue weighted by Gasteiger charge is 2.14. The van der Waals surface area contributed by atoms with Crippen LogP contribution in [0.25, 0.3) is 5.65 Å². The fourth-order valence-corrected chi connectivity index (χ4v) is 2.90. The summed E-state index contributed by atoms with van der Waals surface area (Å²) in [7, 11) is 0. The minimum atomic E-state index is -0.315. The minimum Gasteiger partial charge on any atom is -0.374 e. The molecule has 3 rings (SSSR count). The number of rotatable bonds is 7. The molecule has 0 spiro atoms. The molecule has 0 amide bonds. The Morgan fingerprint density at radius 3 is 3.14 bits per heavy atom. The van der Waals surface area contributed by atoms with Gasteiger partial charge in [0.1, 0.15) is 0 Å². The average Bonchev–Trinajstić information content (AvgIpc) is 3.14. The molecule has 0 aromatic carbocycles. The van der Waals surface area contributed by atoms with Gasteiger partial charge in [-0.15, -0.1) is 0 Å². The molecular weight excluding hydrogens is 283 g/mol. The van der Waals surface area contributed by atoms with Crippen LogP contribution >= 0.6 is 0 Å². The number of fused-ring (bicyclic) bond motifs is 1. The molecule has 0 bridgehead atoms. The zero-order chi connectivity index (χ0) is 15.4. The quantitative estimate of drug-likeness (QED) is 0.852. The highest BCUT2D eigenvalue weighted by atomic mass is 19.1. The molecule has 1 atom stereocenters. The predicted octanol–water partition coefficient (Wildman–Crippen LogP) is 2.21. The van der Waals surface area contributed by atoms with Crippen LogP contribution in [-0.4, -0.2) is 40.5 Å². The van der Waals surface area contributed by atoms with E-state index in [4.69, 9.17) is 4.74 Å². The Kier molecular flexibility index (Phi) is 5.00. The smallest absolute Gasteiger partial charge is 0.155 e. The van der Waals surface area contributed by atoms with Gasteiger partial charge in [-0.05, 0) is 45.2 Å². The third kappa shape index (κ3) is 3.62. The van der Waals surface area contributed by atoms with Gasteiger partial charge in [-0.2, -0.15) is 5.10 Å².